The van der Waals surface area contributed by atoms with Gasteiger partial charge in [0.15, 0.2) is 5.56 Å². The van der Waals surface area contributed by atoms with Gasteiger partial charge in [-0.2, -0.15) is 0 Å². The molecule has 0 aliphatic carbocycles. The zero-order chi connectivity index (χ0) is 13.8. The molecular formula is C14H14N3O2+. The molecule has 0 radical (unpaired) electrons. The third kappa shape index (κ3) is 2.33. The lowest BCUT2D eigenvalue weighted by Crippen LogP contribution is -2.05. The lowest BCUT2D eigenvalue weighted by atomic mass is 10.1. The summed E-state index contributed by atoms with van der Waals surface area (Å²) in [5, 5.41) is 9.01. The number of carbonyl (C=O) groups is 1. The predicted molar refractivity (Wildman–Crippen MR) is 71.7 cm³/mol. The van der Waals surface area contributed by atoms with Gasteiger partial charge < -0.3 is 4.74 Å². The number of carbonyl (C=O) groups excluding carboxylic acids is 1. The SMILES string of the molecule is CCOC(=O)c1c([N+]#N)[nH]c(-c2ccccc2)c1C. The van der Waals surface area contributed by atoms with Gasteiger partial charge in [-0.05, 0) is 13.8 Å². The molecule has 0 amide bonds. The predicted octanol–water partition coefficient (Wildman–Crippen LogP) is 3.65. The summed E-state index contributed by atoms with van der Waals surface area (Å²) in [5.41, 5.74) is 2.64. The van der Waals surface area contributed by atoms with Crippen molar-refractivity contribution in [3.05, 3.63) is 46.4 Å². The minimum Gasteiger partial charge on any atom is -0.462 e. The molecule has 2 rings (SSSR count). The summed E-state index contributed by atoms with van der Waals surface area (Å²) >= 11 is 0. The molecule has 1 N–H and O–H groups in total. The van der Waals surface area contributed by atoms with E-state index in [1.807, 2.05) is 30.3 Å². The molecule has 1 aromatic heterocycles. The van der Waals surface area contributed by atoms with Crippen molar-refractivity contribution in [3.8, 4) is 11.3 Å². The first-order valence-electron chi connectivity index (χ1n) is 5.99. The highest BCUT2D eigenvalue weighted by molar-refractivity contribution is 5.99. The lowest BCUT2D eigenvalue weighted by molar-refractivity contribution is 0.0527. The first-order valence-corrected chi connectivity index (χ1v) is 5.99. The standard InChI is InChI=1S/C14H13N3O2/c1-3-19-14(18)11-9(2)12(16-13(11)17-15)10-7-5-4-6-8-10/h4-8H,3H2,1-2H3/p+1. The molecule has 1 heterocycles. The van der Waals surface area contributed by atoms with E-state index >= 15 is 0 Å². The molecule has 0 aliphatic rings. The Balaban J connectivity index is 2.55. The number of H-pyrrole nitrogens is 1. The van der Waals surface area contributed by atoms with Crippen LogP contribution in [0.4, 0.5) is 5.82 Å². The quantitative estimate of drug-likeness (QED) is 0.673. The molecular weight excluding hydrogens is 242 g/mol. The summed E-state index contributed by atoms with van der Waals surface area (Å²) in [6, 6.07) is 9.53. The zero-order valence-electron chi connectivity index (χ0n) is 10.8. The van der Waals surface area contributed by atoms with Gasteiger partial charge >= 0.3 is 11.8 Å². The van der Waals surface area contributed by atoms with Gasteiger partial charge in [0, 0.05) is 16.1 Å². The van der Waals surface area contributed by atoms with E-state index in [9.17, 15) is 4.79 Å². The number of esters is 1. The van der Waals surface area contributed by atoms with E-state index in [4.69, 9.17) is 10.1 Å². The highest BCUT2D eigenvalue weighted by Crippen LogP contribution is 2.32. The Kier molecular flexibility index (Phi) is 3.62. The molecule has 0 bridgehead atoms. The minimum absolute atomic E-state index is 0.120. The van der Waals surface area contributed by atoms with Crippen molar-refractivity contribution in [3.63, 3.8) is 0 Å². The molecule has 0 aliphatic heterocycles. The second kappa shape index (κ2) is 5.36. The van der Waals surface area contributed by atoms with Crippen molar-refractivity contribution in [1.82, 2.24) is 4.98 Å². The van der Waals surface area contributed by atoms with Crippen LogP contribution in [0.25, 0.3) is 16.2 Å². The maximum Gasteiger partial charge on any atom is 0.437 e. The van der Waals surface area contributed by atoms with E-state index in [1.165, 1.54) is 0 Å². The molecule has 96 valence electrons. The molecule has 1 aromatic carbocycles. The Labute approximate surface area is 110 Å². The van der Waals surface area contributed by atoms with Gasteiger partial charge in [-0.25, -0.2) is 9.78 Å². The van der Waals surface area contributed by atoms with Crippen molar-refractivity contribution in [2.75, 3.05) is 6.61 Å². The smallest absolute Gasteiger partial charge is 0.437 e. The molecule has 0 fully saturated rings. The van der Waals surface area contributed by atoms with E-state index in [0.717, 1.165) is 11.3 Å². The summed E-state index contributed by atoms with van der Waals surface area (Å²) < 4.78 is 4.97. The van der Waals surface area contributed by atoms with Crippen molar-refractivity contribution >= 4 is 11.8 Å². The summed E-state index contributed by atoms with van der Waals surface area (Å²) in [4.78, 5) is 17.9. The second-order valence-corrected chi connectivity index (χ2v) is 4.04. The molecule has 0 saturated heterocycles. The van der Waals surface area contributed by atoms with E-state index in [2.05, 4.69) is 9.96 Å². The van der Waals surface area contributed by atoms with E-state index in [1.54, 1.807) is 13.8 Å². The fraction of sp³-hybridized carbons (Fsp3) is 0.214. The van der Waals surface area contributed by atoms with E-state index < -0.39 is 5.97 Å². The maximum absolute atomic E-state index is 11.9. The van der Waals surface area contributed by atoms with E-state index in [0.29, 0.717) is 5.56 Å². The largest absolute Gasteiger partial charge is 0.462 e. The number of rotatable bonds is 3. The molecule has 0 spiro atoms. The molecule has 19 heavy (non-hydrogen) atoms. The highest BCUT2D eigenvalue weighted by atomic mass is 16.5. The fourth-order valence-corrected chi connectivity index (χ4v) is 2.00. The summed E-state index contributed by atoms with van der Waals surface area (Å²) in [6.07, 6.45) is 0. The minimum atomic E-state index is -0.494. The average molecular weight is 256 g/mol. The van der Waals surface area contributed by atoms with Gasteiger partial charge in [-0.1, -0.05) is 30.3 Å². The van der Waals surface area contributed by atoms with Gasteiger partial charge in [0.05, 0.1) is 12.0 Å². The van der Waals surface area contributed by atoms with Gasteiger partial charge in [-0.15, -0.1) is 0 Å². The average Bonchev–Trinajstić information content (AvgIpc) is 2.77. The van der Waals surface area contributed by atoms with Gasteiger partial charge in [-0.3, -0.25) is 0 Å². The summed E-state index contributed by atoms with van der Waals surface area (Å²) in [5.74, 6) is -0.374. The summed E-state index contributed by atoms with van der Waals surface area (Å²) in [6.45, 7) is 3.79. The molecule has 0 atom stereocenters. The monoisotopic (exact) mass is 256 g/mol. The van der Waals surface area contributed by atoms with Crippen molar-refractivity contribution in [1.29, 1.82) is 5.39 Å². The normalized spacial score (nSPS) is 9.95. The topological polar surface area (TPSA) is 70.2 Å². The van der Waals surface area contributed by atoms with Crippen LogP contribution in [0.3, 0.4) is 0 Å². The number of hydrogen-bond donors (Lipinski definition) is 1. The van der Waals surface area contributed by atoms with Crippen LogP contribution in [0.1, 0.15) is 22.8 Å². The zero-order valence-corrected chi connectivity index (χ0v) is 10.8. The first kappa shape index (κ1) is 12.8. The second-order valence-electron chi connectivity index (χ2n) is 4.04. The fourth-order valence-electron chi connectivity index (χ4n) is 2.00. The summed E-state index contributed by atoms with van der Waals surface area (Å²) in [7, 11) is 0. The Bertz CT molecular complexity index is 639. The number of nitrogens with one attached hydrogen (secondary N) is 1. The molecule has 2 aromatic rings. The van der Waals surface area contributed by atoms with Crippen LogP contribution in [0.15, 0.2) is 30.3 Å². The molecule has 0 unspecified atom stereocenters. The number of hydrogen-bond acceptors (Lipinski definition) is 3. The number of diazo groups is 1. The van der Waals surface area contributed by atoms with Crippen LogP contribution < -0.4 is 0 Å². The number of benzene rings is 1. The highest BCUT2D eigenvalue weighted by Gasteiger charge is 2.30. The van der Waals surface area contributed by atoms with Crippen LogP contribution in [0, 0.1) is 12.3 Å². The maximum atomic E-state index is 11.9. The first-order chi connectivity index (χ1) is 9.19. The van der Waals surface area contributed by atoms with Crippen LogP contribution in [-0.2, 0) is 4.74 Å². The van der Waals surface area contributed by atoms with Crippen molar-refractivity contribution in [2.45, 2.75) is 13.8 Å². The van der Waals surface area contributed by atoms with E-state index in [-0.39, 0.29) is 18.0 Å². The number of nitrogens with zero attached hydrogens (tertiary/aromatic N) is 2. The third-order valence-corrected chi connectivity index (χ3v) is 2.87. The number of ether oxygens (including phenoxy) is 1. The molecule has 5 heteroatoms. The Hall–Kier alpha value is -2.61. The van der Waals surface area contributed by atoms with Crippen molar-refractivity contribution in [2.24, 2.45) is 0 Å². The third-order valence-electron chi connectivity index (χ3n) is 2.87. The molecule has 0 saturated carbocycles. The Morgan fingerprint density at radius 3 is 2.63 bits per heavy atom. The van der Waals surface area contributed by atoms with Crippen LogP contribution >= 0.6 is 0 Å². The number of aromatic amines is 1. The number of aromatic nitrogens is 1. The van der Waals surface area contributed by atoms with Gasteiger partial charge in [0.1, 0.15) is 5.69 Å². The van der Waals surface area contributed by atoms with Crippen LogP contribution in [-0.4, -0.2) is 17.6 Å². The molecule has 5 nitrogen and oxygen atoms in total. The van der Waals surface area contributed by atoms with Crippen molar-refractivity contribution < 1.29 is 9.53 Å². The van der Waals surface area contributed by atoms with Crippen LogP contribution in [0.2, 0.25) is 0 Å². The Morgan fingerprint density at radius 1 is 1.37 bits per heavy atom. The lowest BCUT2D eigenvalue weighted by Gasteiger charge is -1.99. The van der Waals surface area contributed by atoms with Crippen LogP contribution in [0.5, 0.6) is 0 Å². The van der Waals surface area contributed by atoms with Gasteiger partial charge in [0.25, 0.3) is 0 Å². The Morgan fingerprint density at radius 2 is 2.05 bits per heavy atom. The van der Waals surface area contributed by atoms with Gasteiger partial charge in [0.2, 0.25) is 0 Å².